The lowest BCUT2D eigenvalue weighted by Gasteiger charge is -2.11. The number of nitriles is 1. The number of methoxy groups -OCH3 is 1. The molecule has 0 bridgehead atoms. The predicted octanol–water partition coefficient (Wildman–Crippen LogP) is 6.89. The monoisotopic (exact) mass is 530 g/mol. The third-order valence-electron chi connectivity index (χ3n) is 4.34. The van der Waals surface area contributed by atoms with E-state index in [0.717, 1.165) is 10.0 Å². The van der Waals surface area contributed by atoms with Gasteiger partial charge in [0.2, 0.25) is 0 Å². The topological polar surface area (TPSA) is 71.3 Å². The molecule has 3 aromatic carbocycles. The summed E-state index contributed by atoms with van der Waals surface area (Å²) in [6.07, 6.45) is 1.41. The van der Waals surface area contributed by atoms with Crippen LogP contribution in [0.3, 0.4) is 0 Å². The summed E-state index contributed by atoms with van der Waals surface area (Å²) < 4.78 is 11.8. The van der Waals surface area contributed by atoms with Crippen molar-refractivity contribution in [1.82, 2.24) is 0 Å². The van der Waals surface area contributed by atoms with Gasteiger partial charge >= 0.3 is 0 Å². The third-order valence-corrected chi connectivity index (χ3v) is 5.43. The second-order valence-electron chi connectivity index (χ2n) is 6.58. The molecule has 1 amide bonds. The molecule has 0 radical (unpaired) electrons. The summed E-state index contributed by atoms with van der Waals surface area (Å²) in [5.41, 5.74) is 1.88. The van der Waals surface area contributed by atoms with Crippen molar-refractivity contribution in [3.05, 3.63) is 91.9 Å². The van der Waals surface area contributed by atoms with Gasteiger partial charge in [0.15, 0.2) is 5.75 Å². The molecule has 0 fully saturated rings. The summed E-state index contributed by atoms with van der Waals surface area (Å²) in [5.74, 6) is 0.431. The van der Waals surface area contributed by atoms with Crippen LogP contribution in [0.5, 0.6) is 11.5 Å². The molecule has 5 nitrogen and oxygen atoms in total. The lowest BCUT2D eigenvalue weighted by molar-refractivity contribution is -0.112. The Morgan fingerprint density at radius 2 is 1.72 bits per heavy atom. The largest absolute Gasteiger partial charge is 0.497 e. The fourth-order valence-electron chi connectivity index (χ4n) is 2.72. The molecule has 0 aliphatic rings. The second-order valence-corrected chi connectivity index (χ2v) is 8.31. The maximum absolute atomic E-state index is 12.5. The van der Waals surface area contributed by atoms with Gasteiger partial charge in [0.25, 0.3) is 5.91 Å². The van der Waals surface area contributed by atoms with Gasteiger partial charge in [-0.2, -0.15) is 5.26 Å². The summed E-state index contributed by atoms with van der Waals surface area (Å²) in [6.45, 7) is 0.287. The Bertz CT molecular complexity index is 1160. The Morgan fingerprint density at radius 3 is 2.28 bits per heavy atom. The van der Waals surface area contributed by atoms with Crippen LogP contribution in [0.25, 0.3) is 6.08 Å². The lowest BCUT2D eigenvalue weighted by atomic mass is 10.1. The molecule has 0 atom stereocenters. The fourth-order valence-corrected chi connectivity index (χ4v) is 3.60. The van der Waals surface area contributed by atoms with E-state index in [-0.39, 0.29) is 22.2 Å². The van der Waals surface area contributed by atoms with Crippen molar-refractivity contribution in [2.45, 2.75) is 6.61 Å². The first-order valence-corrected chi connectivity index (χ1v) is 10.9. The molecule has 0 unspecified atom stereocenters. The van der Waals surface area contributed by atoms with Gasteiger partial charge in [-0.25, -0.2) is 0 Å². The average molecular weight is 532 g/mol. The van der Waals surface area contributed by atoms with Crippen LogP contribution in [0.2, 0.25) is 10.0 Å². The third kappa shape index (κ3) is 6.27. The molecule has 0 aliphatic carbocycles. The summed E-state index contributed by atoms with van der Waals surface area (Å²) in [4.78, 5) is 12.5. The van der Waals surface area contributed by atoms with Crippen molar-refractivity contribution in [1.29, 1.82) is 5.26 Å². The van der Waals surface area contributed by atoms with E-state index in [4.69, 9.17) is 32.7 Å². The standard InChI is InChI=1S/C24H17BrCl2N2O3/c1-31-20-8-6-19(7-9-20)29-24(30)17(13-28)10-16-11-21(26)23(22(27)12-16)32-14-15-2-4-18(25)5-3-15/h2-12H,14H2,1H3,(H,29,30)/b17-10-. The van der Waals surface area contributed by atoms with E-state index in [9.17, 15) is 10.1 Å². The lowest BCUT2D eigenvalue weighted by Crippen LogP contribution is -2.13. The molecule has 162 valence electrons. The van der Waals surface area contributed by atoms with E-state index in [1.807, 2.05) is 30.3 Å². The Hall–Kier alpha value is -2.98. The van der Waals surface area contributed by atoms with Crippen LogP contribution in [0, 0.1) is 11.3 Å². The van der Waals surface area contributed by atoms with Crippen molar-refractivity contribution in [3.8, 4) is 17.6 Å². The van der Waals surface area contributed by atoms with Gasteiger partial charge in [-0.15, -0.1) is 0 Å². The molecule has 1 N–H and O–H groups in total. The molecule has 0 saturated carbocycles. The van der Waals surface area contributed by atoms with Gasteiger partial charge < -0.3 is 14.8 Å². The number of nitrogens with zero attached hydrogens (tertiary/aromatic N) is 1. The van der Waals surface area contributed by atoms with Crippen molar-refractivity contribution < 1.29 is 14.3 Å². The molecule has 0 spiro atoms. The second kappa shape index (κ2) is 11.1. The van der Waals surface area contributed by atoms with E-state index in [2.05, 4.69) is 21.2 Å². The van der Waals surface area contributed by atoms with Gasteiger partial charge in [0.1, 0.15) is 24.0 Å². The van der Waals surface area contributed by atoms with E-state index >= 15 is 0 Å². The number of halogens is 3. The van der Waals surface area contributed by atoms with Gasteiger partial charge in [0.05, 0.1) is 17.2 Å². The molecular weight excluding hydrogens is 515 g/mol. The molecule has 8 heteroatoms. The number of benzene rings is 3. The number of carbonyl (C=O) groups is 1. The fraction of sp³-hybridized carbons (Fsp3) is 0.0833. The van der Waals surface area contributed by atoms with Gasteiger partial charge in [-0.1, -0.05) is 51.3 Å². The highest BCUT2D eigenvalue weighted by Crippen LogP contribution is 2.35. The number of hydrogen-bond donors (Lipinski definition) is 1. The van der Waals surface area contributed by atoms with Crippen LogP contribution in [-0.4, -0.2) is 13.0 Å². The average Bonchev–Trinajstić information content (AvgIpc) is 2.78. The molecule has 32 heavy (non-hydrogen) atoms. The minimum absolute atomic E-state index is 0.100. The van der Waals surface area contributed by atoms with Crippen molar-refractivity contribution in [2.75, 3.05) is 12.4 Å². The molecule has 0 saturated heterocycles. The number of rotatable bonds is 7. The maximum Gasteiger partial charge on any atom is 0.266 e. The Balaban J connectivity index is 1.74. The summed E-state index contributed by atoms with van der Waals surface area (Å²) >= 11 is 16.1. The first-order valence-electron chi connectivity index (χ1n) is 9.33. The predicted molar refractivity (Wildman–Crippen MR) is 130 cm³/mol. The molecule has 0 aliphatic heterocycles. The van der Waals surface area contributed by atoms with E-state index in [1.165, 1.54) is 6.08 Å². The summed E-state index contributed by atoms with van der Waals surface area (Å²) in [5, 5.41) is 12.7. The number of hydrogen-bond acceptors (Lipinski definition) is 4. The number of ether oxygens (including phenoxy) is 2. The summed E-state index contributed by atoms with van der Waals surface area (Å²) in [6, 6.07) is 19.5. The number of nitrogens with one attached hydrogen (secondary N) is 1. The zero-order valence-electron chi connectivity index (χ0n) is 16.9. The quantitative estimate of drug-likeness (QED) is 0.266. The SMILES string of the molecule is COc1ccc(NC(=O)/C(C#N)=C\c2cc(Cl)c(OCc3ccc(Br)cc3)c(Cl)c2)cc1. The van der Waals surface area contributed by atoms with Gasteiger partial charge in [-0.3, -0.25) is 4.79 Å². The Labute approximate surface area is 204 Å². The highest BCUT2D eigenvalue weighted by molar-refractivity contribution is 9.10. The minimum atomic E-state index is -0.555. The van der Waals surface area contributed by atoms with Gasteiger partial charge in [-0.05, 0) is 65.7 Å². The number of carbonyl (C=O) groups excluding carboxylic acids is 1. The normalized spacial score (nSPS) is 10.9. The first-order chi connectivity index (χ1) is 15.4. The molecular formula is C24H17BrCl2N2O3. The Morgan fingerprint density at radius 1 is 1.09 bits per heavy atom. The van der Waals surface area contributed by atoms with Crippen LogP contribution in [-0.2, 0) is 11.4 Å². The van der Waals surface area contributed by atoms with Crippen molar-refractivity contribution in [2.24, 2.45) is 0 Å². The van der Waals surface area contributed by atoms with Crippen LogP contribution >= 0.6 is 39.1 Å². The Kier molecular flexibility index (Phi) is 8.18. The zero-order chi connectivity index (χ0) is 23.1. The zero-order valence-corrected chi connectivity index (χ0v) is 20.0. The maximum atomic E-state index is 12.5. The highest BCUT2D eigenvalue weighted by atomic mass is 79.9. The van der Waals surface area contributed by atoms with E-state index < -0.39 is 5.91 Å². The van der Waals surface area contributed by atoms with Crippen LogP contribution in [0.4, 0.5) is 5.69 Å². The van der Waals surface area contributed by atoms with E-state index in [1.54, 1.807) is 43.5 Å². The van der Waals surface area contributed by atoms with Crippen LogP contribution in [0.15, 0.2) is 70.7 Å². The summed E-state index contributed by atoms with van der Waals surface area (Å²) in [7, 11) is 1.55. The molecule has 3 aromatic rings. The first kappa shape index (κ1) is 23.7. The highest BCUT2D eigenvalue weighted by Gasteiger charge is 2.13. The number of amides is 1. The van der Waals surface area contributed by atoms with Crippen molar-refractivity contribution in [3.63, 3.8) is 0 Å². The molecule has 0 aromatic heterocycles. The van der Waals surface area contributed by atoms with Gasteiger partial charge in [0, 0.05) is 10.2 Å². The molecule has 3 rings (SSSR count). The van der Waals surface area contributed by atoms with Crippen molar-refractivity contribution >= 4 is 56.8 Å². The van der Waals surface area contributed by atoms with Crippen LogP contribution in [0.1, 0.15) is 11.1 Å². The molecule has 0 heterocycles. The minimum Gasteiger partial charge on any atom is -0.497 e. The number of anilines is 1. The smallest absolute Gasteiger partial charge is 0.266 e. The van der Waals surface area contributed by atoms with E-state index in [0.29, 0.717) is 22.7 Å². The van der Waals surface area contributed by atoms with Crippen LogP contribution < -0.4 is 14.8 Å².